The number of ether oxygens (including phenoxy) is 9. The van der Waals surface area contributed by atoms with Gasteiger partial charge in [-0.15, -0.1) is 0 Å². The Morgan fingerprint density at radius 3 is 0.907 bits per heavy atom. The fourth-order valence-electron chi connectivity index (χ4n) is 4.75. The van der Waals surface area contributed by atoms with Crippen LogP contribution < -0.4 is 5.32 Å². The largest absolute Gasteiger partial charge is 0.398 e. The van der Waals surface area contributed by atoms with Crippen molar-refractivity contribution in [2.45, 2.75) is 84.2 Å². The number of nitrogens with zero attached hydrogens (tertiary/aromatic N) is 1. The van der Waals surface area contributed by atoms with E-state index < -0.39 is 79.3 Å². The first kappa shape index (κ1) is 94.5. The van der Waals surface area contributed by atoms with Gasteiger partial charge in [0.05, 0.1) is 32.8 Å². The number of methoxy groups -OCH3 is 3. The first-order valence-electron chi connectivity index (χ1n) is 26.5. The number of hydrogen-bond acceptors (Lipinski definition) is 27. The number of hydrogen-bond donors (Lipinski definition) is 5. The van der Waals surface area contributed by atoms with Gasteiger partial charge in [-0.3, -0.25) is 9.69 Å². The first-order valence-corrected chi connectivity index (χ1v) is 34.1. The van der Waals surface area contributed by atoms with E-state index >= 15 is 0 Å². The summed E-state index contributed by atoms with van der Waals surface area (Å²) in [7, 11) is 9.94. The topological polar surface area (TPSA) is 337 Å². The first-order chi connectivity index (χ1) is 40.3. The quantitative estimate of drug-likeness (QED) is 0.0132. The maximum atomic E-state index is 11.5. The summed E-state index contributed by atoms with van der Waals surface area (Å²) >= 11 is 0. The van der Waals surface area contributed by atoms with Gasteiger partial charge in [-0.25, -0.2) is 24.0 Å². The fourth-order valence-corrected chi connectivity index (χ4v) is 8.83. The molecule has 0 aromatic rings. The van der Waals surface area contributed by atoms with Crippen LogP contribution in [0, 0.1) is 0 Å². The zero-order chi connectivity index (χ0) is 68.2. The molecule has 0 aromatic carbocycles. The standard InChI is InChI=1S/C13H21NO6.2C9H10O4.3C7H18O3Si.C4H11NO2/c1-10(2)13(18)20-11(3)19-12(17)4-5-14(6-8-15)7-9-16;2*1-5-8(10)12-7(4)13-9(11)6(2)3;3*1-8-6-5-7-11(4,9-2)10-3;6-3-1-5-2-4-7/h15-16H,1,3-9H2,2H3;2*5H,1-2,4H2,3H3;3*5-7H2,1-4H3;5-7H,1-4H2. The van der Waals surface area contributed by atoms with E-state index in [0.29, 0.717) is 32.7 Å². The predicted octanol–water partition coefficient (Wildman–Crippen LogP) is 5.13. The second kappa shape index (κ2) is 62.8. The van der Waals surface area contributed by atoms with Crippen molar-refractivity contribution in [3.8, 4) is 0 Å². The van der Waals surface area contributed by atoms with E-state index in [2.05, 4.69) is 101 Å². The second-order valence-corrected chi connectivity index (χ2v) is 28.3. The zero-order valence-corrected chi connectivity index (χ0v) is 57.1. The summed E-state index contributed by atoms with van der Waals surface area (Å²) in [5, 5.41) is 36.7. The molecule has 30 heteroatoms. The third-order valence-electron chi connectivity index (χ3n) is 10.2. The van der Waals surface area contributed by atoms with Gasteiger partial charge in [0.2, 0.25) is 0 Å². The van der Waals surface area contributed by atoms with Crippen LogP contribution in [0.3, 0.4) is 0 Å². The molecule has 0 aliphatic heterocycles. The Morgan fingerprint density at radius 2 is 0.698 bits per heavy atom. The molecule has 5 N–H and O–H groups in total. The average molecular weight is 1290 g/mol. The normalized spacial score (nSPS) is 10.3. The monoisotopic (exact) mass is 1290 g/mol. The van der Waals surface area contributed by atoms with Gasteiger partial charge >= 0.3 is 61.5 Å². The summed E-state index contributed by atoms with van der Waals surface area (Å²) in [5.41, 5.74) is 0.547. The van der Waals surface area contributed by atoms with Gasteiger partial charge in [-0.05, 0) is 97.5 Å². The highest BCUT2D eigenvalue weighted by atomic mass is 28.4. The fraction of sp³-hybridized carbons (Fsp3) is 0.607. The van der Waals surface area contributed by atoms with Crippen molar-refractivity contribution in [2.75, 3.05) is 143 Å². The minimum Gasteiger partial charge on any atom is -0.398 e. The predicted molar refractivity (Wildman–Crippen MR) is 332 cm³/mol. The Bertz CT molecular complexity index is 1800. The van der Waals surface area contributed by atoms with Gasteiger partial charge in [0.1, 0.15) is 0 Å². The van der Waals surface area contributed by atoms with Gasteiger partial charge in [0.25, 0.3) is 17.8 Å². The lowest BCUT2D eigenvalue weighted by Crippen LogP contribution is -2.36. The molecule has 0 unspecified atom stereocenters. The van der Waals surface area contributed by atoms with E-state index in [-0.39, 0.29) is 49.6 Å². The number of carbonyl (C=O) groups excluding carboxylic acids is 6. The molecule has 0 spiro atoms. The highest BCUT2D eigenvalue weighted by molar-refractivity contribution is 6.66. The number of esters is 6. The zero-order valence-electron chi connectivity index (χ0n) is 54.1. The van der Waals surface area contributed by atoms with E-state index in [1.807, 2.05) is 0 Å². The van der Waals surface area contributed by atoms with Crippen molar-refractivity contribution in [1.82, 2.24) is 10.2 Å². The molecular formula is C56H106N2O25Si3. The van der Waals surface area contributed by atoms with E-state index in [1.165, 1.54) is 20.8 Å². The second-order valence-electron chi connectivity index (χ2n) is 17.5. The van der Waals surface area contributed by atoms with Crippen molar-refractivity contribution in [3.63, 3.8) is 0 Å². The summed E-state index contributed by atoms with van der Waals surface area (Å²) in [6.45, 7) is 41.2. The van der Waals surface area contributed by atoms with Crippen LogP contribution in [0.5, 0.6) is 0 Å². The lowest BCUT2D eigenvalue weighted by Gasteiger charge is -2.22. The lowest BCUT2D eigenvalue weighted by molar-refractivity contribution is -0.152. The molecule has 0 amide bonds. The van der Waals surface area contributed by atoms with Gasteiger partial charge in [-0.2, -0.15) is 0 Å². The molecule has 0 aromatic heterocycles. The number of carbonyl (C=O) groups is 6. The van der Waals surface area contributed by atoms with Gasteiger partial charge in [0, 0.05) is 145 Å². The van der Waals surface area contributed by atoms with Crippen LogP contribution in [0.1, 0.15) is 46.5 Å². The summed E-state index contributed by atoms with van der Waals surface area (Å²) in [6, 6.07) is 2.98. The summed E-state index contributed by atoms with van der Waals surface area (Å²) in [5.74, 6) is -5.38. The van der Waals surface area contributed by atoms with Crippen LogP contribution in [0.2, 0.25) is 37.8 Å². The van der Waals surface area contributed by atoms with E-state index in [0.717, 1.165) is 69.4 Å². The van der Waals surface area contributed by atoms with Crippen LogP contribution in [0.25, 0.3) is 0 Å². The Morgan fingerprint density at radius 1 is 0.430 bits per heavy atom. The molecule has 0 heterocycles. The Kier molecular flexibility index (Phi) is 69.0. The van der Waals surface area contributed by atoms with Crippen molar-refractivity contribution < 1.29 is 118 Å². The SMILES string of the molecule is C=C(OC(=O)CCN(CCO)CCO)OC(=O)C(=C)C.C=CC(=O)OC(=C)OC(=O)C(=C)C.C=CC(=O)OC(=C)OC(=O)C(=C)C.COCCC[Si](C)(OC)OC.COCCC[Si](C)(OC)OC.COCCC[Si](C)(OC)OC.OCCNCCO. The van der Waals surface area contributed by atoms with Crippen LogP contribution in [-0.4, -0.2) is 230 Å². The smallest absolute Gasteiger partial charge is 0.340 e. The van der Waals surface area contributed by atoms with Crippen molar-refractivity contribution in [3.05, 3.63) is 99.3 Å². The Labute approximate surface area is 514 Å². The molecule has 0 fully saturated rings. The van der Waals surface area contributed by atoms with Crippen LogP contribution in [0.15, 0.2) is 99.3 Å². The molecule has 502 valence electrons. The third kappa shape index (κ3) is 64.8. The highest BCUT2D eigenvalue weighted by Gasteiger charge is 2.29. The number of nitrogens with one attached hydrogen (secondary N) is 1. The van der Waals surface area contributed by atoms with Gasteiger partial charge in [-0.1, -0.05) is 32.9 Å². The van der Waals surface area contributed by atoms with Crippen molar-refractivity contribution in [1.29, 1.82) is 0 Å². The molecule has 0 atom stereocenters. The molecule has 0 aliphatic rings. The Balaban J connectivity index is -0.000000173. The molecule has 27 nitrogen and oxygen atoms in total. The summed E-state index contributed by atoms with van der Waals surface area (Å²) < 4.78 is 73.6. The van der Waals surface area contributed by atoms with E-state index in [4.69, 9.17) is 65.9 Å². The summed E-state index contributed by atoms with van der Waals surface area (Å²) in [6.07, 6.45) is 4.92. The number of rotatable bonds is 40. The number of aliphatic hydroxyl groups is 4. The minimum atomic E-state index is -1.81. The van der Waals surface area contributed by atoms with E-state index in [9.17, 15) is 28.8 Å². The van der Waals surface area contributed by atoms with Crippen molar-refractivity contribution in [2.24, 2.45) is 0 Å². The molecule has 0 saturated heterocycles. The molecular weight excluding hydrogens is 1180 g/mol. The van der Waals surface area contributed by atoms with Crippen LogP contribution in [0.4, 0.5) is 0 Å². The lowest BCUT2D eigenvalue weighted by atomic mass is 10.3. The molecule has 0 rings (SSSR count). The van der Waals surface area contributed by atoms with E-state index in [1.54, 1.807) is 68.9 Å². The van der Waals surface area contributed by atoms with Crippen molar-refractivity contribution >= 4 is 61.5 Å². The van der Waals surface area contributed by atoms with Gasteiger partial charge in [0.15, 0.2) is 0 Å². The average Bonchev–Trinajstić information content (AvgIpc) is 3.51. The molecule has 0 bridgehead atoms. The van der Waals surface area contributed by atoms with Crippen LogP contribution >= 0.6 is 0 Å². The Hall–Kier alpha value is -5.21. The highest BCUT2D eigenvalue weighted by Crippen LogP contribution is 2.15. The number of aliphatic hydroxyl groups excluding tert-OH is 4. The maximum absolute atomic E-state index is 11.5. The summed E-state index contributed by atoms with van der Waals surface area (Å²) in [4.78, 5) is 67.1. The molecule has 0 saturated carbocycles. The molecule has 0 aliphatic carbocycles. The van der Waals surface area contributed by atoms with Gasteiger partial charge < -0.3 is 94.9 Å². The maximum Gasteiger partial charge on any atom is 0.340 e. The third-order valence-corrected chi connectivity index (χ3v) is 19.2. The minimum absolute atomic E-state index is 0.0175. The molecule has 86 heavy (non-hydrogen) atoms. The molecule has 0 radical (unpaired) electrons. The van der Waals surface area contributed by atoms with Crippen LogP contribution in [-0.2, 0) is 98.0 Å².